The molecule has 4 fully saturated rings. The van der Waals surface area contributed by atoms with Gasteiger partial charge in [-0.1, -0.05) is 6.07 Å². The maximum Gasteiger partial charge on any atom is 0.231 e. The number of ether oxygens (including phenoxy) is 2. The standard InChI is InChI=1S/C20H25N3O4/c21-17(24)3-4-18(25)23-10-14(13-1-2-15-16(9-13)27-11-26-15)20-19(23)12-5-7-22(20)8-6-12/h1-2,9,12,14,19-20H,3-8,10-11H2,(H2,21,24)/t14-,19+,20+/m1/s1. The number of likely N-dealkylation sites (tertiary alicyclic amines) is 1. The van der Waals surface area contributed by atoms with E-state index in [9.17, 15) is 9.59 Å². The van der Waals surface area contributed by atoms with E-state index in [-0.39, 0.29) is 37.5 Å². The zero-order valence-electron chi connectivity index (χ0n) is 15.3. The third-order valence-electron chi connectivity index (χ3n) is 6.72. The van der Waals surface area contributed by atoms with Crippen molar-refractivity contribution in [3.63, 3.8) is 0 Å². The smallest absolute Gasteiger partial charge is 0.231 e. The van der Waals surface area contributed by atoms with E-state index in [4.69, 9.17) is 15.2 Å². The van der Waals surface area contributed by atoms with Crippen LogP contribution in [-0.4, -0.2) is 60.1 Å². The Kier molecular flexibility index (Phi) is 4.00. The summed E-state index contributed by atoms with van der Waals surface area (Å²) < 4.78 is 11.0. The van der Waals surface area contributed by atoms with Crippen LogP contribution in [0.4, 0.5) is 0 Å². The maximum atomic E-state index is 12.9. The van der Waals surface area contributed by atoms with Crippen LogP contribution < -0.4 is 15.2 Å². The van der Waals surface area contributed by atoms with Gasteiger partial charge in [-0.25, -0.2) is 0 Å². The predicted octanol–water partition coefficient (Wildman–Crippen LogP) is 1.07. The molecular formula is C20H25N3O4. The highest BCUT2D eigenvalue weighted by molar-refractivity contribution is 5.83. The minimum Gasteiger partial charge on any atom is -0.454 e. The highest BCUT2D eigenvalue weighted by atomic mass is 16.7. The van der Waals surface area contributed by atoms with E-state index < -0.39 is 5.91 Å². The van der Waals surface area contributed by atoms with Gasteiger partial charge in [0.05, 0.1) is 6.04 Å². The summed E-state index contributed by atoms with van der Waals surface area (Å²) in [7, 11) is 0. The average molecular weight is 371 g/mol. The number of primary amides is 1. The number of carbonyl (C=O) groups excluding carboxylic acids is 2. The first-order valence-corrected chi connectivity index (χ1v) is 9.83. The Morgan fingerprint density at radius 2 is 1.85 bits per heavy atom. The lowest BCUT2D eigenvalue weighted by Gasteiger charge is -2.51. The first-order valence-electron chi connectivity index (χ1n) is 9.83. The molecule has 0 spiro atoms. The summed E-state index contributed by atoms with van der Waals surface area (Å²) in [6.45, 7) is 3.17. The number of carbonyl (C=O) groups is 2. The lowest BCUT2D eigenvalue weighted by atomic mass is 9.75. The van der Waals surface area contributed by atoms with Crippen molar-refractivity contribution in [3.05, 3.63) is 23.8 Å². The van der Waals surface area contributed by atoms with Crippen LogP contribution in [0.15, 0.2) is 18.2 Å². The van der Waals surface area contributed by atoms with Gasteiger partial charge in [-0.3, -0.25) is 14.5 Å². The van der Waals surface area contributed by atoms with Gasteiger partial charge in [0, 0.05) is 31.3 Å². The van der Waals surface area contributed by atoms with Gasteiger partial charge in [0.15, 0.2) is 11.5 Å². The molecule has 0 aromatic heterocycles. The molecule has 4 saturated heterocycles. The van der Waals surface area contributed by atoms with E-state index in [0.717, 1.165) is 37.4 Å². The van der Waals surface area contributed by atoms with E-state index in [1.165, 1.54) is 5.56 Å². The van der Waals surface area contributed by atoms with Crippen molar-refractivity contribution in [1.29, 1.82) is 0 Å². The fourth-order valence-corrected chi connectivity index (χ4v) is 5.52. The second kappa shape index (κ2) is 6.41. The summed E-state index contributed by atoms with van der Waals surface area (Å²) >= 11 is 0. The normalized spacial score (nSPS) is 33.2. The molecule has 27 heavy (non-hydrogen) atoms. The van der Waals surface area contributed by atoms with E-state index in [1.54, 1.807) is 0 Å². The fourth-order valence-electron chi connectivity index (χ4n) is 5.52. The van der Waals surface area contributed by atoms with Gasteiger partial charge in [-0.2, -0.15) is 0 Å². The Bertz CT molecular complexity index is 774. The highest BCUT2D eigenvalue weighted by Crippen LogP contribution is 2.48. The molecule has 0 unspecified atom stereocenters. The lowest BCUT2D eigenvalue weighted by Crippen LogP contribution is -2.60. The van der Waals surface area contributed by atoms with Crippen LogP contribution >= 0.6 is 0 Å². The first kappa shape index (κ1) is 16.9. The van der Waals surface area contributed by atoms with Crippen molar-refractivity contribution in [1.82, 2.24) is 9.80 Å². The number of nitrogens with two attached hydrogens (primary N) is 1. The number of hydrogen-bond donors (Lipinski definition) is 1. The number of hydrogen-bond acceptors (Lipinski definition) is 5. The van der Waals surface area contributed by atoms with Gasteiger partial charge >= 0.3 is 0 Å². The molecule has 5 aliphatic heterocycles. The highest BCUT2D eigenvalue weighted by Gasteiger charge is 2.54. The van der Waals surface area contributed by atoms with Gasteiger partial charge in [0.2, 0.25) is 18.6 Å². The fraction of sp³-hybridized carbons (Fsp3) is 0.600. The molecule has 7 heteroatoms. The molecule has 7 nitrogen and oxygen atoms in total. The van der Waals surface area contributed by atoms with Gasteiger partial charge in [0.1, 0.15) is 0 Å². The third-order valence-corrected chi connectivity index (χ3v) is 6.72. The SMILES string of the molecule is NC(=O)CCC(=O)N1C[C@H](c2ccc3c(c2)OCO3)[C@H]2[C@@H]1C1CCN2CC1. The zero-order valence-corrected chi connectivity index (χ0v) is 15.3. The Labute approximate surface area is 158 Å². The van der Waals surface area contributed by atoms with E-state index in [1.807, 2.05) is 11.0 Å². The molecule has 3 atom stereocenters. The van der Waals surface area contributed by atoms with Gasteiger partial charge in [-0.15, -0.1) is 0 Å². The Morgan fingerprint density at radius 1 is 1.07 bits per heavy atom. The topological polar surface area (TPSA) is 85.1 Å². The summed E-state index contributed by atoms with van der Waals surface area (Å²) in [6, 6.07) is 6.74. The quantitative estimate of drug-likeness (QED) is 0.856. The minimum atomic E-state index is -0.416. The molecule has 1 aromatic carbocycles. The molecule has 2 amide bonds. The third kappa shape index (κ3) is 2.76. The number of nitrogens with zero attached hydrogens (tertiary/aromatic N) is 2. The number of rotatable bonds is 4. The number of amides is 2. The minimum absolute atomic E-state index is 0.0563. The Morgan fingerprint density at radius 3 is 2.63 bits per heavy atom. The van der Waals surface area contributed by atoms with Gasteiger partial charge < -0.3 is 20.1 Å². The van der Waals surface area contributed by atoms with Crippen molar-refractivity contribution in [2.75, 3.05) is 26.4 Å². The number of benzene rings is 1. The van der Waals surface area contributed by atoms with E-state index >= 15 is 0 Å². The summed E-state index contributed by atoms with van der Waals surface area (Å²) in [5.41, 5.74) is 6.46. The second-order valence-corrected chi connectivity index (χ2v) is 8.09. The second-order valence-electron chi connectivity index (χ2n) is 8.09. The van der Waals surface area contributed by atoms with Crippen molar-refractivity contribution in [3.8, 4) is 11.5 Å². The van der Waals surface area contributed by atoms with Crippen molar-refractivity contribution in [2.45, 2.75) is 43.7 Å². The molecule has 0 saturated carbocycles. The first-order chi connectivity index (χ1) is 13.1. The molecule has 5 aliphatic rings. The van der Waals surface area contributed by atoms with Gasteiger partial charge in [0.25, 0.3) is 0 Å². The molecule has 1 aromatic rings. The Hall–Kier alpha value is -2.28. The average Bonchev–Trinajstić information content (AvgIpc) is 3.32. The van der Waals surface area contributed by atoms with E-state index in [2.05, 4.69) is 17.0 Å². The van der Waals surface area contributed by atoms with Crippen LogP contribution in [0, 0.1) is 5.92 Å². The number of fused-ring (bicyclic) bond motifs is 3. The van der Waals surface area contributed by atoms with Crippen molar-refractivity contribution < 1.29 is 19.1 Å². The maximum absolute atomic E-state index is 12.9. The van der Waals surface area contributed by atoms with Crippen molar-refractivity contribution in [2.24, 2.45) is 11.7 Å². The lowest BCUT2D eigenvalue weighted by molar-refractivity contribution is -0.137. The molecule has 0 aliphatic carbocycles. The Balaban J connectivity index is 1.45. The molecule has 2 N–H and O–H groups in total. The van der Waals surface area contributed by atoms with Crippen LogP contribution in [0.25, 0.3) is 0 Å². The predicted molar refractivity (Wildman–Crippen MR) is 97.3 cm³/mol. The summed E-state index contributed by atoms with van der Waals surface area (Å²) in [5.74, 6) is 2.02. The van der Waals surface area contributed by atoms with Crippen LogP contribution in [-0.2, 0) is 9.59 Å². The van der Waals surface area contributed by atoms with Crippen LogP contribution in [0.5, 0.6) is 11.5 Å². The molecule has 2 bridgehead atoms. The molecule has 6 rings (SSSR count). The van der Waals surface area contributed by atoms with Crippen LogP contribution in [0.1, 0.15) is 37.2 Å². The van der Waals surface area contributed by atoms with Gasteiger partial charge in [-0.05, 0) is 49.5 Å². The molecule has 144 valence electrons. The molecule has 5 heterocycles. The van der Waals surface area contributed by atoms with E-state index in [0.29, 0.717) is 18.5 Å². The summed E-state index contributed by atoms with van der Waals surface area (Å²) in [5, 5.41) is 0. The van der Waals surface area contributed by atoms with Crippen molar-refractivity contribution >= 4 is 11.8 Å². The summed E-state index contributed by atoms with van der Waals surface area (Å²) in [4.78, 5) is 28.6. The van der Waals surface area contributed by atoms with Crippen LogP contribution in [0.2, 0.25) is 0 Å². The summed E-state index contributed by atoms with van der Waals surface area (Å²) in [6.07, 6.45) is 2.62. The monoisotopic (exact) mass is 371 g/mol. The number of piperidine rings is 3. The molecular weight excluding hydrogens is 346 g/mol. The van der Waals surface area contributed by atoms with Crippen LogP contribution in [0.3, 0.4) is 0 Å². The molecule has 0 radical (unpaired) electrons. The zero-order chi connectivity index (χ0) is 18.5. The largest absolute Gasteiger partial charge is 0.454 e.